The lowest BCUT2D eigenvalue weighted by Gasteiger charge is -2.15. The number of aromatic nitrogens is 2. The van der Waals surface area contributed by atoms with Crippen LogP contribution in [0, 0.1) is 0 Å². The molecule has 2 aromatic rings. The molecule has 7 nitrogen and oxygen atoms in total. The van der Waals surface area contributed by atoms with Gasteiger partial charge >= 0.3 is 5.97 Å². The van der Waals surface area contributed by atoms with E-state index in [1.165, 1.54) is 13.4 Å². The molecule has 1 heterocycles. The number of nitrogen functional groups attached to an aromatic ring is 1. The first-order valence-electron chi connectivity index (χ1n) is 6.31. The number of carbonyl (C=O) groups is 2. The highest BCUT2D eigenvalue weighted by Gasteiger charge is 2.23. The summed E-state index contributed by atoms with van der Waals surface area (Å²) < 4.78 is 4.71. The third kappa shape index (κ3) is 3.82. The first-order chi connectivity index (χ1) is 10.1. The molecule has 0 aliphatic heterocycles. The van der Waals surface area contributed by atoms with Crippen molar-refractivity contribution in [2.24, 2.45) is 0 Å². The zero-order valence-corrected chi connectivity index (χ0v) is 11.5. The fourth-order valence-electron chi connectivity index (χ4n) is 1.83. The average Bonchev–Trinajstić information content (AvgIpc) is 2.99. The average molecular weight is 288 g/mol. The van der Waals surface area contributed by atoms with Crippen molar-refractivity contribution in [3.8, 4) is 0 Å². The van der Waals surface area contributed by atoms with Crippen molar-refractivity contribution >= 4 is 17.6 Å². The maximum atomic E-state index is 12.1. The van der Waals surface area contributed by atoms with E-state index in [0.717, 1.165) is 5.69 Å². The molecule has 7 heteroatoms. The van der Waals surface area contributed by atoms with E-state index in [1.54, 1.807) is 30.5 Å². The van der Waals surface area contributed by atoms with Gasteiger partial charge in [0, 0.05) is 29.6 Å². The summed E-state index contributed by atoms with van der Waals surface area (Å²) in [6.45, 7) is 0. The minimum atomic E-state index is -0.791. The number of benzene rings is 1. The highest BCUT2D eigenvalue weighted by atomic mass is 16.5. The van der Waals surface area contributed by atoms with E-state index >= 15 is 0 Å². The van der Waals surface area contributed by atoms with Crippen molar-refractivity contribution in [1.29, 1.82) is 0 Å². The summed E-state index contributed by atoms with van der Waals surface area (Å²) in [6, 6.07) is 5.64. The zero-order chi connectivity index (χ0) is 15.2. The predicted octanol–water partition coefficient (Wildman–Crippen LogP) is 0.506. The Labute approximate surface area is 121 Å². The zero-order valence-electron chi connectivity index (χ0n) is 11.5. The third-order valence-corrected chi connectivity index (χ3v) is 2.94. The monoisotopic (exact) mass is 288 g/mol. The Morgan fingerprint density at radius 3 is 2.67 bits per heavy atom. The normalized spacial score (nSPS) is 11.7. The smallest absolute Gasteiger partial charge is 0.328 e. The van der Waals surface area contributed by atoms with E-state index in [1.807, 2.05) is 0 Å². The Hall–Kier alpha value is -2.83. The van der Waals surface area contributed by atoms with Crippen LogP contribution in [0.15, 0.2) is 36.8 Å². The molecule has 0 saturated carbocycles. The molecule has 0 saturated heterocycles. The summed E-state index contributed by atoms with van der Waals surface area (Å²) in [5.74, 6) is -0.890. The lowest BCUT2D eigenvalue weighted by Crippen LogP contribution is -2.43. The molecule has 0 spiro atoms. The molecule has 0 aliphatic rings. The van der Waals surface area contributed by atoms with Crippen molar-refractivity contribution in [2.75, 3.05) is 12.8 Å². The summed E-state index contributed by atoms with van der Waals surface area (Å²) in [4.78, 5) is 30.7. The van der Waals surface area contributed by atoms with Gasteiger partial charge in [-0.2, -0.15) is 0 Å². The first-order valence-corrected chi connectivity index (χ1v) is 6.31. The summed E-state index contributed by atoms with van der Waals surface area (Å²) >= 11 is 0. The Balaban J connectivity index is 2.09. The van der Waals surface area contributed by atoms with Crippen molar-refractivity contribution in [3.05, 3.63) is 48.0 Å². The molecule has 2 rings (SSSR count). The molecule has 0 aliphatic carbocycles. The molecular weight excluding hydrogens is 272 g/mol. The van der Waals surface area contributed by atoms with E-state index in [9.17, 15) is 9.59 Å². The van der Waals surface area contributed by atoms with Gasteiger partial charge in [-0.05, 0) is 24.3 Å². The fourth-order valence-corrected chi connectivity index (χ4v) is 1.83. The predicted molar refractivity (Wildman–Crippen MR) is 76.4 cm³/mol. The Bertz CT molecular complexity index is 608. The molecule has 0 unspecified atom stereocenters. The summed E-state index contributed by atoms with van der Waals surface area (Å²) in [6.07, 6.45) is 3.37. The van der Waals surface area contributed by atoms with Gasteiger partial charge in [-0.1, -0.05) is 0 Å². The number of nitrogens with zero attached hydrogens (tertiary/aromatic N) is 1. The number of rotatable bonds is 5. The van der Waals surface area contributed by atoms with Gasteiger partial charge in [0.25, 0.3) is 5.91 Å². The van der Waals surface area contributed by atoms with Crippen LogP contribution >= 0.6 is 0 Å². The number of nitrogens with one attached hydrogen (secondary N) is 2. The highest BCUT2D eigenvalue weighted by molar-refractivity contribution is 5.97. The molecule has 0 bridgehead atoms. The Morgan fingerprint density at radius 2 is 2.10 bits per heavy atom. The van der Waals surface area contributed by atoms with Crippen LogP contribution in [-0.4, -0.2) is 35.0 Å². The molecule has 21 heavy (non-hydrogen) atoms. The Morgan fingerprint density at radius 1 is 1.38 bits per heavy atom. The molecule has 1 aromatic carbocycles. The van der Waals surface area contributed by atoms with Gasteiger partial charge in [0.05, 0.1) is 13.4 Å². The number of carbonyl (C=O) groups excluding carboxylic acids is 2. The van der Waals surface area contributed by atoms with E-state index in [2.05, 4.69) is 15.3 Å². The largest absolute Gasteiger partial charge is 0.467 e. The van der Waals surface area contributed by atoms with Crippen molar-refractivity contribution in [2.45, 2.75) is 12.5 Å². The number of ether oxygens (including phenoxy) is 1. The van der Waals surface area contributed by atoms with Crippen LogP contribution in [0.4, 0.5) is 5.69 Å². The van der Waals surface area contributed by atoms with E-state index in [-0.39, 0.29) is 12.3 Å². The van der Waals surface area contributed by atoms with E-state index in [0.29, 0.717) is 11.3 Å². The number of amides is 1. The number of hydrogen-bond donors (Lipinski definition) is 3. The number of nitrogens with two attached hydrogens (primary N) is 1. The molecule has 110 valence electrons. The van der Waals surface area contributed by atoms with Gasteiger partial charge in [-0.3, -0.25) is 4.79 Å². The van der Waals surface area contributed by atoms with Crippen LogP contribution < -0.4 is 11.1 Å². The van der Waals surface area contributed by atoms with Crippen LogP contribution in [0.1, 0.15) is 16.1 Å². The standard InChI is InChI=1S/C14H16N4O3/c1-21-14(20)12(6-11-7-16-8-17-11)18-13(19)9-2-4-10(15)5-3-9/h2-5,7-8,12H,6,15H2,1H3,(H,16,17)(H,18,19)/t12-/m0/s1. The lowest BCUT2D eigenvalue weighted by molar-refractivity contribution is -0.142. The van der Waals surface area contributed by atoms with Crippen LogP contribution in [0.25, 0.3) is 0 Å². The van der Waals surface area contributed by atoms with Gasteiger partial charge < -0.3 is 20.8 Å². The number of esters is 1. The minimum absolute atomic E-state index is 0.271. The molecular formula is C14H16N4O3. The Kier molecular flexibility index (Phi) is 4.55. The van der Waals surface area contributed by atoms with Crippen LogP contribution in [0.2, 0.25) is 0 Å². The maximum absolute atomic E-state index is 12.1. The van der Waals surface area contributed by atoms with Gasteiger partial charge in [-0.25, -0.2) is 9.78 Å². The molecule has 1 atom stereocenters. The lowest BCUT2D eigenvalue weighted by atomic mass is 10.1. The van der Waals surface area contributed by atoms with Crippen LogP contribution in [0.5, 0.6) is 0 Å². The van der Waals surface area contributed by atoms with Gasteiger partial charge in [0.1, 0.15) is 6.04 Å². The maximum Gasteiger partial charge on any atom is 0.328 e. The van der Waals surface area contributed by atoms with Crippen molar-refractivity contribution < 1.29 is 14.3 Å². The summed E-state index contributed by atoms with van der Waals surface area (Å²) in [7, 11) is 1.28. The van der Waals surface area contributed by atoms with Gasteiger partial charge in [-0.15, -0.1) is 0 Å². The molecule has 4 N–H and O–H groups in total. The second kappa shape index (κ2) is 6.56. The van der Waals surface area contributed by atoms with Gasteiger partial charge in [0.2, 0.25) is 0 Å². The minimum Gasteiger partial charge on any atom is -0.467 e. The van der Waals surface area contributed by atoms with Crippen molar-refractivity contribution in [1.82, 2.24) is 15.3 Å². The van der Waals surface area contributed by atoms with E-state index in [4.69, 9.17) is 10.5 Å². The van der Waals surface area contributed by atoms with E-state index < -0.39 is 12.0 Å². The van der Waals surface area contributed by atoms with Crippen molar-refractivity contribution in [3.63, 3.8) is 0 Å². The fraction of sp³-hybridized carbons (Fsp3) is 0.214. The molecule has 0 radical (unpaired) electrons. The van der Waals surface area contributed by atoms with Gasteiger partial charge in [0.15, 0.2) is 0 Å². The molecule has 1 aromatic heterocycles. The number of imidazole rings is 1. The number of H-pyrrole nitrogens is 1. The molecule has 0 fully saturated rings. The number of anilines is 1. The summed E-state index contributed by atoms with van der Waals surface area (Å²) in [5.41, 5.74) is 7.28. The first kappa shape index (κ1) is 14.6. The SMILES string of the molecule is COC(=O)[C@H](Cc1cnc[nH]1)NC(=O)c1ccc(N)cc1. The third-order valence-electron chi connectivity index (χ3n) is 2.94. The topological polar surface area (TPSA) is 110 Å². The number of methoxy groups -OCH3 is 1. The molecule has 1 amide bonds. The van der Waals surface area contributed by atoms with Crippen LogP contribution in [-0.2, 0) is 16.0 Å². The summed E-state index contributed by atoms with van der Waals surface area (Å²) in [5, 5.41) is 2.64. The highest BCUT2D eigenvalue weighted by Crippen LogP contribution is 2.07. The second-order valence-corrected chi connectivity index (χ2v) is 4.45. The number of hydrogen-bond acceptors (Lipinski definition) is 5. The second-order valence-electron chi connectivity index (χ2n) is 4.45. The number of aromatic amines is 1. The van der Waals surface area contributed by atoms with Crippen LogP contribution in [0.3, 0.4) is 0 Å². The quantitative estimate of drug-likeness (QED) is 0.548.